The predicted molar refractivity (Wildman–Crippen MR) is 63.0 cm³/mol. The van der Waals surface area contributed by atoms with Gasteiger partial charge in [-0.15, -0.1) is 0 Å². The number of carbonyl (C=O) groups is 2. The number of hydrazine groups is 2. The minimum absolute atomic E-state index is 0.351. The van der Waals surface area contributed by atoms with Crippen molar-refractivity contribution in [1.82, 2.24) is 31.1 Å². The predicted octanol–water partition coefficient (Wildman–Crippen LogP) is 0.0236. The third-order valence-corrected chi connectivity index (χ3v) is 2.22. The maximum atomic E-state index is 12.1. The molecule has 0 fully saturated rings. The van der Waals surface area contributed by atoms with Crippen molar-refractivity contribution in [2.24, 2.45) is 0 Å². The molecule has 0 aliphatic carbocycles. The Kier molecular flexibility index (Phi) is 4.48. The summed E-state index contributed by atoms with van der Waals surface area (Å²) in [7, 11) is 0. The molecule has 2 heterocycles. The Hall–Kier alpha value is -3.40. The van der Waals surface area contributed by atoms with Crippen LogP contribution in [0.5, 0.6) is 0 Å². The molecule has 2 aromatic rings. The Bertz CT molecular complexity index is 737. The topological polar surface area (TPSA) is 147 Å². The van der Waals surface area contributed by atoms with Gasteiger partial charge in [0.25, 0.3) is 0 Å². The lowest BCUT2D eigenvalue weighted by molar-refractivity contribution is -0.173. The highest BCUT2D eigenvalue weighted by atomic mass is 19.4. The van der Waals surface area contributed by atoms with E-state index in [-0.39, 0.29) is 11.3 Å². The molecule has 0 aliphatic heterocycles. The molecule has 11 nitrogen and oxygen atoms in total. The van der Waals surface area contributed by atoms with Gasteiger partial charge in [0.2, 0.25) is 11.3 Å². The molecule has 136 valence electrons. The van der Waals surface area contributed by atoms with Crippen LogP contribution >= 0.6 is 0 Å². The number of carbonyl (C=O) groups excluding carboxylic acids is 2. The number of rotatable bonds is 4. The first kappa shape index (κ1) is 17.9. The fraction of sp³-hybridized carbons (Fsp3) is 0.250. The molecule has 25 heavy (non-hydrogen) atoms. The summed E-state index contributed by atoms with van der Waals surface area (Å²) in [6.45, 7) is 0. The van der Waals surface area contributed by atoms with Crippen LogP contribution in [0.3, 0.4) is 0 Å². The number of fused-ring (bicyclic) bond motifs is 1. The summed E-state index contributed by atoms with van der Waals surface area (Å²) in [4.78, 5) is 28.5. The minimum atomic E-state index is -5.25. The van der Waals surface area contributed by atoms with Gasteiger partial charge in [0.1, 0.15) is 0 Å². The molecular formula is C8H4F6N8O3. The summed E-state index contributed by atoms with van der Waals surface area (Å²) < 4.78 is 76.9. The molecular weight excluding hydrogens is 370 g/mol. The highest BCUT2D eigenvalue weighted by molar-refractivity contribution is 5.85. The third-order valence-electron chi connectivity index (χ3n) is 2.22. The van der Waals surface area contributed by atoms with Crippen molar-refractivity contribution in [2.45, 2.75) is 12.4 Å². The molecule has 0 aliphatic rings. The van der Waals surface area contributed by atoms with Crippen molar-refractivity contribution in [1.29, 1.82) is 0 Å². The van der Waals surface area contributed by atoms with E-state index in [2.05, 4.69) is 24.9 Å². The Morgan fingerprint density at radius 1 is 0.760 bits per heavy atom. The summed E-state index contributed by atoms with van der Waals surface area (Å²) in [6.07, 6.45) is -10.5. The molecule has 2 aromatic heterocycles. The van der Waals surface area contributed by atoms with Gasteiger partial charge in [0.15, 0.2) is 11.6 Å². The first-order valence-electron chi connectivity index (χ1n) is 5.75. The number of halogens is 6. The molecule has 0 spiro atoms. The fourth-order valence-electron chi connectivity index (χ4n) is 1.19. The van der Waals surface area contributed by atoms with E-state index >= 15 is 0 Å². The molecule has 17 heteroatoms. The highest BCUT2D eigenvalue weighted by Gasteiger charge is 2.40. The van der Waals surface area contributed by atoms with E-state index in [9.17, 15) is 35.9 Å². The van der Waals surface area contributed by atoms with Gasteiger partial charge in [-0.1, -0.05) is 0 Å². The molecule has 2 amide bonds. The van der Waals surface area contributed by atoms with Crippen LogP contribution in [-0.4, -0.2) is 44.4 Å². The van der Waals surface area contributed by atoms with E-state index in [0.29, 0.717) is 0 Å². The van der Waals surface area contributed by atoms with Crippen LogP contribution in [0.4, 0.5) is 38.0 Å². The van der Waals surface area contributed by atoms with Crippen molar-refractivity contribution in [2.75, 3.05) is 10.9 Å². The zero-order valence-corrected chi connectivity index (χ0v) is 11.3. The maximum absolute atomic E-state index is 12.1. The number of anilines is 2. The van der Waals surface area contributed by atoms with Crippen LogP contribution in [-0.2, 0) is 9.59 Å². The van der Waals surface area contributed by atoms with Gasteiger partial charge in [0.05, 0.1) is 0 Å². The van der Waals surface area contributed by atoms with Crippen LogP contribution < -0.4 is 21.7 Å². The van der Waals surface area contributed by atoms with Gasteiger partial charge >= 0.3 is 24.2 Å². The van der Waals surface area contributed by atoms with Crippen LogP contribution in [0.1, 0.15) is 0 Å². The van der Waals surface area contributed by atoms with Crippen LogP contribution in [0.15, 0.2) is 4.63 Å². The van der Waals surface area contributed by atoms with E-state index in [1.54, 1.807) is 10.9 Å². The van der Waals surface area contributed by atoms with Gasteiger partial charge in [-0.25, -0.2) is 4.63 Å². The number of aromatic nitrogens is 4. The lowest BCUT2D eigenvalue weighted by atomic mass is 10.5. The van der Waals surface area contributed by atoms with Crippen molar-refractivity contribution in [3.05, 3.63) is 0 Å². The number of nitrogens with zero attached hydrogens (tertiary/aromatic N) is 4. The fourth-order valence-corrected chi connectivity index (χ4v) is 1.19. The third kappa shape index (κ3) is 4.32. The molecule has 0 saturated heterocycles. The molecule has 0 atom stereocenters. The second-order valence-corrected chi connectivity index (χ2v) is 3.99. The number of amides is 2. The highest BCUT2D eigenvalue weighted by Crippen LogP contribution is 2.20. The second-order valence-electron chi connectivity index (χ2n) is 3.99. The number of hydrogen-bond acceptors (Lipinski definition) is 9. The van der Waals surface area contributed by atoms with Crippen molar-refractivity contribution in [3.8, 4) is 0 Å². The maximum Gasteiger partial charge on any atom is 0.472 e. The van der Waals surface area contributed by atoms with E-state index < -0.39 is 35.8 Å². The lowest BCUT2D eigenvalue weighted by Gasteiger charge is -2.14. The Morgan fingerprint density at radius 3 is 1.44 bits per heavy atom. The molecule has 4 N–H and O–H groups in total. The zero-order valence-electron chi connectivity index (χ0n) is 11.3. The van der Waals surface area contributed by atoms with Crippen molar-refractivity contribution < 1.29 is 40.6 Å². The number of hydrogen-bond donors (Lipinski definition) is 4. The first-order chi connectivity index (χ1) is 11.5. The average Bonchev–Trinajstić information content (AvgIpc) is 2.94. The minimum Gasteiger partial charge on any atom is -0.278 e. The molecule has 0 bridgehead atoms. The smallest absolute Gasteiger partial charge is 0.278 e. The zero-order chi connectivity index (χ0) is 18.8. The van der Waals surface area contributed by atoms with Gasteiger partial charge in [-0.2, -0.15) is 36.3 Å². The number of alkyl halides is 6. The van der Waals surface area contributed by atoms with Crippen LogP contribution in [0.2, 0.25) is 0 Å². The van der Waals surface area contributed by atoms with Crippen molar-refractivity contribution >= 4 is 34.7 Å². The Morgan fingerprint density at radius 2 is 1.12 bits per heavy atom. The van der Waals surface area contributed by atoms with E-state index in [1.165, 1.54) is 10.9 Å². The normalized spacial score (nSPS) is 11.9. The SMILES string of the molecule is O=C(NNc1nc2nonc2nc1NNC(=O)C(F)(F)F)C(F)(F)F. The summed E-state index contributed by atoms with van der Waals surface area (Å²) >= 11 is 0. The van der Waals surface area contributed by atoms with E-state index in [1.807, 2.05) is 0 Å². The molecule has 0 saturated carbocycles. The summed E-state index contributed by atoms with van der Waals surface area (Å²) in [5.74, 6) is -6.30. The molecule has 0 aromatic carbocycles. The van der Waals surface area contributed by atoms with Gasteiger partial charge in [-0.05, 0) is 10.3 Å². The molecule has 2 rings (SSSR count). The Balaban J connectivity index is 2.21. The summed E-state index contributed by atoms with van der Waals surface area (Å²) in [6, 6.07) is 0. The molecule has 0 radical (unpaired) electrons. The van der Waals surface area contributed by atoms with Gasteiger partial charge in [-0.3, -0.25) is 31.3 Å². The monoisotopic (exact) mass is 374 g/mol. The van der Waals surface area contributed by atoms with Crippen molar-refractivity contribution in [3.63, 3.8) is 0 Å². The summed E-state index contributed by atoms with van der Waals surface area (Å²) in [5, 5.41) is 6.40. The lowest BCUT2D eigenvalue weighted by Crippen LogP contribution is -2.42. The van der Waals surface area contributed by atoms with E-state index in [0.717, 1.165) is 0 Å². The van der Waals surface area contributed by atoms with Crippen LogP contribution in [0.25, 0.3) is 11.3 Å². The second kappa shape index (κ2) is 6.24. The summed E-state index contributed by atoms with van der Waals surface area (Å²) in [5.41, 5.74) is 5.00. The van der Waals surface area contributed by atoms with Gasteiger partial charge < -0.3 is 0 Å². The van der Waals surface area contributed by atoms with Gasteiger partial charge in [0, 0.05) is 0 Å². The van der Waals surface area contributed by atoms with Crippen LogP contribution in [0, 0.1) is 0 Å². The standard InChI is InChI=1S/C8H4F6N8O3/c9-7(10,11)5(23)19-17-1-2(18-20-6(24)8(12,13)14)16-4-3(15-1)21-25-22-4/h(H,19,23)(H,20,24)(H,15,17,21)(H,16,18,22). The largest absolute Gasteiger partial charge is 0.472 e. The van der Waals surface area contributed by atoms with E-state index in [4.69, 9.17) is 0 Å². The average molecular weight is 374 g/mol. The molecule has 0 unspecified atom stereocenters. The first-order valence-corrected chi connectivity index (χ1v) is 5.75. The number of nitrogens with one attached hydrogen (secondary N) is 4. The Labute approximate surface area is 131 Å². The quantitative estimate of drug-likeness (QED) is 0.430.